The molecule has 1 saturated carbocycles. The van der Waals surface area contributed by atoms with Gasteiger partial charge in [-0.3, -0.25) is 9.36 Å². The Labute approximate surface area is 153 Å². The van der Waals surface area contributed by atoms with E-state index < -0.39 is 10.0 Å². The topological polar surface area (TPSA) is 85.2 Å². The average molecular weight is 374 g/mol. The number of carbonyl (C=O) groups excluding carboxylic acids is 1. The summed E-state index contributed by atoms with van der Waals surface area (Å²) in [6, 6.07) is 9.63. The van der Waals surface area contributed by atoms with Crippen LogP contribution in [0, 0.1) is 5.41 Å². The van der Waals surface area contributed by atoms with Crippen molar-refractivity contribution in [2.45, 2.75) is 38.5 Å². The van der Waals surface area contributed by atoms with E-state index in [1.54, 1.807) is 6.33 Å². The number of para-hydroxylation sites is 1. The molecule has 2 fully saturated rings. The lowest BCUT2D eigenvalue weighted by molar-refractivity contribution is -0.126. The standard InChI is InChI=1S/C18H22N4O3S/c23-17(22-12-18(10-4-5-11-18)13-26(22,24)25)9-8-16-20-19-14-21(16)15-6-2-1-3-7-15/h1-3,6-7,14H,4-5,8-13H2. The lowest BCUT2D eigenvalue weighted by atomic mass is 9.89. The maximum absolute atomic E-state index is 12.6. The van der Waals surface area contributed by atoms with Crippen molar-refractivity contribution in [3.05, 3.63) is 42.5 Å². The molecule has 8 heteroatoms. The van der Waals surface area contributed by atoms with Gasteiger partial charge >= 0.3 is 0 Å². The van der Waals surface area contributed by atoms with Crippen molar-refractivity contribution in [3.8, 4) is 5.69 Å². The first-order chi connectivity index (χ1) is 12.5. The van der Waals surface area contributed by atoms with Crippen molar-refractivity contribution in [3.63, 3.8) is 0 Å². The highest BCUT2D eigenvalue weighted by Gasteiger charge is 2.50. The Balaban J connectivity index is 1.46. The van der Waals surface area contributed by atoms with Crippen molar-refractivity contribution < 1.29 is 13.2 Å². The summed E-state index contributed by atoms with van der Waals surface area (Å²) in [7, 11) is -3.49. The van der Waals surface area contributed by atoms with Crippen molar-refractivity contribution in [1.82, 2.24) is 19.1 Å². The number of sulfonamides is 1. The molecule has 26 heavy (non-hydrogen) atoms. The minimum atomic E-state index is -3.49. The summed E-state index contributed by atoms with van der Waals surface area (Å²) >= 11 is 0. The lowest BCUT2D eigenvalue weighted by Gasteiger charge is -2.20. The molecule has 0 unspecified atom stereocenters. The minimum absolute atomic E-state index is 0.112. The molecule has 2 heterocycles. The monoisotopic (exact) mass is 374 g/mol. The van der Waals surface area contributed by atoms with Gasteiger partial charge in [0.25, 0.3) is 0 Å². The second kappa shape index (κ2) is 6.50. The van der Waals surface area contributed by atoms with Crippen LogP contribution in [0.2, 0.25) is 0 Å². The quantitative estimate of drug-likeness (QED) is 0.816. The van der Waals surface area contributed by atoms with Gasteiger partial charge in [0.05, 0.1) is 5.75 Å². The molecule has 0 bridgehead atoms. The number of aromatic nitrogens is 3. The average Bonchev–Trinajstić information content (AvgIpc) is 3.33. The number of aryl methyl sites for hydroxylation is 1. The molecule has 1 saturated heterocycles. The minimum Gasteiger partial charge on any atom is -0.286 e. The molecule has 0 N–H and O–H groups in total. The van der Waals surface area contributed by atoms with E-state index in [0.717, 1.165) is 35.7 Å². The fourth-order valence-electron chi connectivity index (χ4n) is 4.16. The number of nitrogens with zero attached hydrogens (tertiary/aromatic N) is 4. The van der Waals surface area contributed by atoms with Gasteiger partial charge in [-0.2, -0.15) is 0 Å². The summed E-state index contributed by atoms with van der Waals surface area (Å²) < 4.78 is 27.9. The van der Waals surface area contributed by atoms with Crippen LogP contribution in [0.5, 0.6) is 0 Å². The smallest absolute Gasteiger partial charge is 0.237 e. The molecule has 0 atom stereocenters. The zero-order chi connectivity index (χ0) is 18.2. The van der Waals surface area contributed by atoms with Gasteiger partial charge in [-0.1, -0.05) is 31.0 Å². The van der Waals surface area contributed by atoms with E-state index >= 15 is 0 Å². The van der Waals surface area contributed by atoms with E-state index in [1.165, 1.54) is 0 Å². The zero-order valence-electron chi connectivity index (χ0n) is 14.5. The van der Waals surface area contributed by atoms with Gasteiger partial charge in [-0.05, 0) is 25.0 Å². The molecule has 4 rings (SSSR count). The fourth-order valence-corrected chi connectivity index (χ4v) is 6.34. The summed E-state index contributed by atoms with van der Waals surface area (Å²) in [5, 5.41) is 8.02. The number of rotatable bonds is 4. The van der Waals surface area contributed by atoms with Crippen LogP contribution >= 0.6 is 0 Å². The van der Waals surface area contributed by atoms with Crippen LogP contribution < -0.4 is 0 Å². The SMILES string of the molecule is O=C(CCc1nncn1-c1ccccc1)N1CC2(CCCC2)CS1(=O)=O. The molecule has 1 aliphatic carbocycles. The maximum Gasteiger partial charge on any atom is 0.237 e. The van der Waals surface area contributed by atoms with Crippen LogP contribution in [0.3, 0.4) is 0 Å². The Kier molecular flexibility index (Phi) is 4.30. The molecule has 1 aromatic carbocycles. The Bertz CT molecular complexity index is 902. The second-order valence-electron chi connectivity index (χ2n) is 7.32. The third-order valence-corrected chi connectivity index (χ3v) is 7.44. The number of amides is 1. The summed E-state index contributed by atoms with van der Waals surface area (Å²) in [4.78, 5) is 12.6. The molecular weight excluding hydrogens is 352 g/mol. The van der Waals surface area contributed by atoms with Crippen LogP contribution in [0.4, 0.5) is 0 Å². The van der Waals surface area contributed by atoms with Crippen molar-refractivity contribution in [1.29, 1.82) is 0 Å². The Hall–Kier alpha value is -2.22. The largest absolute Gasteiger partial charge is 0.286 e. The van der Waals surface area contributed by atoms with E-state index in [4.69, 9.17) is 0 Å². The number of carbonyl (C=O) groups is 1. The first-order valence-corrected chi connectivity index (χ1v) is 10.6. The van der Waals surface area contributed by atoms with Gasteiger partial charge < -0.3 is 0 Å². The number of hydrogen-bond acceptors (Lipinski definition) is 5. The van der Waals surface area contributed by atoms with Crippen molar-refractivity contribution in [2.24, 2.45) is 5.41 Å². The highest BCUT2D eigenvalue weighted by molar-refractivity contribution is 7.89. The third-order valence-electron chi connectivity index (χ3n) is 5.46. The second-order valence-corrected chi connectivity index (χ2v) is 9.21. The molecular formula is C18H22N4O3S. The summed E-state index contributed by atoms with van der Waals surface area (Å²) in [6.45, 7) is 0.347. The van der Waals surface area contributed by atoms with Crippen LogP contribution in [-0.2, 0) is 21.2 Å². The predicted molar refractivity (Wildman–Crippen MR) is 96.1 cm³/mol. The van der Waals surface area contributed by atoms with Gasteiger partial charge in [0.1, 0.15) is 12.2 Å². The van der Waals surface area contributed by atoms with Crippen LogP contribution in [0.1, 0.15) is 37.9 Å². The van der Waals surface area contributed by atoms with E-state index in [-0.39, 0.29) is 23.5 Å². The van der Waals surface area contributed by atoms with E-state index in [1.807, 2.05) is 34.9 Å². The fraction of sp³-hybridized carbons (Fsp3) is 0.500. The Morgan fingerprint density at radius 1 is 1.15 bits per heavy atom. The summed E-state index contributed by atoms with van der Waals surface area (Å²) in [5.74, 6) is 0.430. The van der Waals surface area contributed by atoms with Gasteiger partial charge in [0.2, 0.25) is 15.9 Å². The Morgan fingerprint density at radius 3 is 2.62 bits per heavy atom. The molecule has 7 nitrogen and oxygen atoms in total. The first-order valence-electron chi connectivity index (χ1n) is 8.97. The zero-order valence-corrected chi connectivity index (χ0v) is 15.4. The maximum atomic E-state index is 12.6. The molecule has 1 spiro atoms. The van der Waals surface area contributed by atoms with Gasteiger partial charge in [0, 0.05) is 30.5 Å². The first kappa shape index (κ1) is 17.2. The predicted octanol–water partition coefficient (Wildman–Crippen LogP) is 1.93. The number of benzene rings is 1. The molecule has 2 aliphatic rings. The van der Waals surface area contributed by atoms with E-state index in [9.17, 15) is 13.2 Å². The van der Waals surface area contributed by atoms with Gasteiger partial charge in [0.15, 0.2) is 0 Å². The Morgan fingerprint density at radius 2 is 1.88 bits per heavy atom. The molecule has 138 valence electrons. The molecule has 0 radical (unpaired) electrons. The lowest BCUT2D eigenvalue weighted by Crippen LogP contribution is -2.34. The van der Waals surface area contributed by atoms with E-state index in [0.29, 0.717) is 18.8 Å². The highest BCUT2D eigenvalue weighted by atomic mass is 32.2. The van der Waals surface area contributed by atoms with E-state index in [2.05, 4.69) is 10.2 Å². The number of hydrogen-bond donors (Lipinski definition) is 0. The molecule has 1 aromatic heterocycles. The van der Waals surface area contributed by atoms with Crippen molar-refractivity contribution in [2.75, 3.05) is 12.3 Å². The van der Waals surface area contributed by atoms with Gasteiger partial charge in [-0.15, -0.1) is 10.2 Å². The van der Waals surface area contributed by atoms with Gasteiger partial charge in [-0.25, -0.2) is 12.7 Å². The van der Waals surface area contributed by atoms with Crippen LogP contribution in [0.15, 0.2) is 36.7 Å². The summed E-state index contributed by atoms with van der Waals surface area (Å²) in [5.41, 5.74) is 0.706. The van der Waals surface area contributed by atoms with Crippen LogP contribution in [-0.4, -0.2) is 45.7 Å². The third kappa shape index (κ3) is 3.13. The normalized spacial score (nSPS) is 20.7. The molecule has 1 aliphatic heterocycles. The van der Waals surface area contributed by atoms with Crippen molar-refractivity contribution >= 4 is 15.9 Å². The summed E-state index contributed by atoms with van der Waals surface area (Å²) in [6.07, 6.45) is 5.98. The van der Waals surface area contributed by atoms with Crippen LogP contribution in [0.25, 0.3) is 5.69 Å². The highest BCUT2D eigenvalue weighted by Crippen LogP contribution is 2.45. The molecule has 2 aromatic rings. The molecule has 1 amide bonds.